The Kier molecular flexibility index (Phi) is 7.46. The second kappa shape index (κ2) is 9.59. The van der Waals surface area contributed by atoms with Crippen LogP contribution in [0.1, 0.15) is 29.2 Å². The van der Waals surface area contributed by atoms with Crippen LogP contribution in [0, 0.1) is 13.8 Å². The SMILES string of the molecule is Cc1ccc(NC(N)=NCC(=O)NC2CCOc3ccccc32)cc1C.I. The normalized spacial score (nSPS) is 15.8. The maximum atomic E-state index is 12.2. The molecule has 0 radical (unpaired) electrons. The van der Waals surface area contributed by atoms with Crippen molar-refractivity contribution >= 4 is 41.5 Å². The van der Waals surface area contributed by atoms with Crippen molar-refractivity contribution in [2.24, 2.45) is 10.7 Å². The molecule has 0 aromatic heterocycles. The molecule has 0 saturated heterocycles. The van der Waals surface area contributed by atoms with Crippen LogP contribution in [0.5, 0.6) is 5.75 Å². The molecule has 1 aliphatic rings. The van der Waals surface area contributed by atoms with Gasteiger partial charge in [0.2, 0.25) is 5.91 Å². The molecule has 0 aliphatic carbocycles. The van der Waals surface area contributed by atoms with Crippen molar-refractivity contribution in [2.75, 3.05) is 18.5 Å². The summed E-state index contributed by atoms with van der Waals surface area (Å²) in [6.07, 6.45) is 0.739. The van der Waals surface area contributed by atoms with Gasteiger partial charge in [-0.3, -0.25) is 4.79 Å². The molecule has 144 valence electrons. The molecule has 0 bridgehead atoms. The number of hydrogen-bond donors (Lipinski definition) is 3. The van der Waals surface area contributed by atoms with E-state index in [1.54, 1.807) is 0 Å². The number of benzene rings is 2. The van der Waals surface area contributed by atoms with Gasteiger partial charge in [0, 0.05) is 17.7 Å². The summed E-state index contributed by atoms with van der Waals surface area (Å²) in [5.74, 6) is 0.871. The molecule has 1 unspecified atom stereocenters. The van der Waals surface area contributed by atoms with Crippen LogP contribution in [0.25, 0.3) is 0 Å². The van der Waals surface area contributed by atoms with Gasteiger partial charge in [-0.2, -0.15) is 0 Å². The molecule has 0 spiro atoms. The molecule has 2 aromatic rings. The number of nitrogens with zero attached hydrogens (tertiary/aromatic N) is 1. The van der Waals surface area contributed by atoms with E-state index in [4.69, 9.17) is 10.5 Å². The fourth-order valence-corrected chi connectivity index (χ4v) is 2.90. The van der Waals surface area contributed by atoms with Crippen LogP contribution in [0.3, 0.4) is 0 Å². The van der Waals surface area contributed by atoms with Crippen LogP contribution in [-0.2, 0) is 4.79 Å². The van der Waals surface area contributed by atoms with Gasteiger partial charge in [0.25, 0.3) is 0 Å². The number of nitrogens with one attached hydrogen (secondary N) is 2. The largest absolute Gasteiger partial charge is 0.493 e. The third-order valence-corrected chi connectivity index (χ3v) is 4.47. The number of aryl methyl sites for hydroxylation is 2. The third-order valence-electron chi connectivity index (χ3n) is 4.47. The number of fused-ring (bicyclic) bond motifs is 1. The van der Waals surface area contributed by atoms with Gasteiger partial charge in [-0.25, -0.2) is 4.99 Å². The van der Waals surface area contributed by atoms with Crippen molar-refractivity contribution in [3.8, 4) is 5.75 Å². The van der Waals surface area contributed by atoms with Crippen molar-refractivity contribution in [3.63, 3.8) is 0 Å². The number of para-hydroxylation sites is 1. The van der Waals surface area contributed by atoms with E-state index in [0.717, 1.165) is 23.4 Å². The highest BCUT2D eigenvalue weighted by Gasteiger charge is 2.22. The molecule has 1 heterocycles. The number of carbonyl (C=O) groups is 1. The highest BCUT2D eigenvalue weighted by molar-refractivity contribution is 14.0. The molecule has 1 aliphatic heterocycles. The van der Waals surface area contributed by atoms with Crippen molar-refractivity contribution in [1.82, 2.24) is 5.32 Å². The highest BCUT2D eigenvalue weighted by atomic mass is 127. The van der Waals surface area contributed by atoms with E-state index >= 15 is 0 Å². The molecule has 2 aromatic carbocycles. The Labute approximate surface area is 176 Å². The first-order chi connectivity index (χ1) is 12.5. The standard InChI is InChI=1S/C20H24N4O2.HI/c1-13-7-8-15(11-14(13)2)23-20(21)22-12-19(25)24-17-9-10-26-18-6-4-3-5-16(17)18;/h3-8,11,17H,9-10,12H2,1-2H3,(H,24,25)(H3,21,22,23);1H. The average Bonchev–Trinajstić information content (AvgIpc) is 2.63. The molecule has 1 atom stereocenters. The van der Waals surface area contributed by atoms with Gasteiger partial charge in [-0.05, 0) is 43.2 Å². The summed E-state index contributed by atoms with van der Waals surface area (Å²) in [4.78, 5) is 16.4. The monoisotopic (exact) mass is 480 g/mol. The van der Waals surface area contributed by atoms with Crippen molar-refractivity contribution < 1.29 is 9.53 Å². The molecular weight excluding hydrogens is 455 g/mol. The van der Waals surface area contributed by atoms with Gasteiger partial charge in [-0.15, -0.1) is 24.0 Å². The molecule has 7 heteroatoms. The fraction of sp³-hybridized carbons (Fsp3) is 0.300. The van der Waals surface area contributed by atoms with E-state index in [1.807, 2.05) is 49.4 Å². The zero-order valence-electron chi connectivity index (χ0n) is 15.5. The minimum atomic E-state index is -0.170. The predicted octanol–water partition coefficient (Wildman–Crippen LogP) is 3.29. The predicted molar refractivity (Wildman–Crippen MR) is 119 cm³/mol. The molecule has 4 N–H and O–H groups in total. The van der Waals surface area contributed by atoms with Gasteiger partial charge in [-0.1, -0.05) is 24.3 Å². The number of halogens is 1. The van der Waals surface area contributed by atoms with E-state index < -0.39 is 0 Å². The molecule has 27 heavy (non-hydrogen) atoms. The van der Waals surface area contributed by atoms with E-state index in [0.29, 0.717) is 6.61 Å². The second-order valence-corrected chi connectivity index (χ2v) is 6.42. The van der Waals surface area contributed by atoms with Crippen molar-refractivity contribution in [1.29, 1.82) is 0 Å². The van der Waals surface area contributed by atoms with Crippen molar-refractivity contribution in [3.05, 3.63) is 59.2 Å². The smallest absolute Gasteiger partial charge is 0.242 e. The topological polar surface area (TPSA) is 88.7 Å². The summed E-state index contributed by atoms with van der Waals surface area (Å²) in [7, 11) is 0. The maximum Gasteiger partial charge on any atom is 0.242 e. The second-order valence-electron chi connectivity index (χ2n) is 6.42. The number of amides is 1. The van der Waals surface area contributed by atoms with Crippen LogP contribution in [-0.4, -0.2) is 25.0 Å². The van der Waals surface area contributed by atoms with Crippen LogP contribution < -0.4 is 21.1 Å². The first kappa shape index (κ1) is 21.0. The van der Waals surface area contributed by atoms with Gasteiger partial charge in [0.15, 0.2) is 5.96 Å². The lowest BCUT2D eigenvalue weighted by Crippen LogP contribution is -2.34. The zero-order chi connectivity index (χ0) is 18.5. The maximum absolute atomic E-state index is 12.2. The number of hydrogen-bond acceptors (Lipinski definition) is 3. The minimum Gasteiger partial charge on any atom is -0.493 e. The molecule has 3 rings (SSSR count). The van der Waals surface area contributed by atoms with E-state index in [9.17, 15) is 4.79 Å². The van der Waals surface area contributed by atoms with E-state index in [1.165, 1.54) is 11.1 Å². The molecule has 0 fully saturated rings. The fourth-order valence-electron chi connectivity index (χ4n) is 2.90. The lowest BCUT2D eigenvalue weighted by atomic mass is 10.0. The third kappa shape index (κ3) is 5.59. The Morgan fingerprint density at radius 3 is 2.78 bits per heavy atom. The van der Waals surface area contributed by atoms with Gasteiger partial charge >= 0.3 is 0 Å². The minimum absolute atomic E-state index is 0. The molecule has 1 amide bonds. The Bertz CT molecular complexity index is 838. The molecule has 0 saturated carbocycles. The van der Waals surface area contributed by atoms with Gasteiger partial charge in [0.1, 0.15) is 12.3 Å². The Morgan fingerprint density at radius 1 is 1.22 bits per heavy atom. The van der Waals surface area contributed by atoms with Gasteiger partial charge in [0.05, 0.1) is 12.6 Å². The van der Waals surface area contributed by atoms with Crippen LogP contribution in [0.2, 0.25) is 0 Å². The number of ether oxygens (including phenoxy) is 1. The van der Waals surface area contributed by atoms with E-state index in [2.05, 4.69) is 22.5 Å². The molecular formula is C20H25IN4O2. The number of anilines is 1. The number of rotatable bonds is 4. The Morgan fingerprint density at radius 2 is 2.00 bits per heavy atom. The summed E-state index contributed by atoms with van der Waals surface area (Å²) in [5, 5.41) is 6.01. The van der Waals surface area contributed by atoms with Crippen LogP contribution in [0.4, 0.5) is 5.69 Å². The van der Waals surface area contributed by atoms with Crippen LogP contribution in [0.15, 0.2) is 47.5 Å². The summed E-state index contributed by atoms with van der Waals surface area (Å²) in [6.45, 7) is 4.65. The zero-order valence-corrected chi connectivity index (χ0v) is 17.8. The van der Waals surface area contributed by atoms with Gasteiger partial charge < -0.3 is 21.1 Å². The number of aliphatic imine (C=N–C) groups is 1. The highest BCUT2D eigenvalue weighted by Crippen LogP contribution is 2.31. The lowest BCUT2D eigenvalue weighted by Gasteiger charge is -2.26. The Balaban J connectivity index is 0.00000261. The first-order valence-corrected chi connectivity index (χ1v) is 8.68. The number of nitrogens with two attached hydrogens (primary N) is 1. The first-order valence-electron chi connectivity index (χ1n) is 8.68. The number of guanidine groups is 1. The van der Waals surface area contributed by atoms with Crippen LogP contribution >= 0.6 is 24.0 Å². The summed E-state index contributed by atoms with van der Waals surface area (Å²) in [5.41, 5.74) is 10.1. The summed E-state index contributed by atoms with van der Waals surface area (Å²) in [6, 6.07) is 13.6. The summed E-state index contributed by atoms with van der Waals surface area (Å²) >= 11 is 0. The molecule has 6 nitrogen and oxygen atoms in total. The van der Waals surface area contributed by atoms with Crippen molar-refractivity contribution in [2.45, 2.75) is 26.3 Å². The van der Waals surface area contributed by atoms with E-state index in [-0.39, 0.29) is 48.4 Å². The quantitative estimate of drug-likeness (QED) is 0.356. The Hall–Kier alpha value is -2.29. The number of carbonyl (C=O) groups excluding carboxylic acids is 1. The average molecular weight is 480 g/mol. The summed E-state index contributed by atoms with van der Waals surface area (Å²) < 4.78 is 5.61. The lowest BCUT2D eigenvalue weighted by molar-refractivity contribution is -0.120.